The highest BCUT2D eigenvalue weighted by atomic mass is 32.1. The van der Waals surface area contributed by atoms with Gasteiger partial charge in [0, 0.05) is 18.0 Å². The first-order valence-electron chi connectivity index (χ1n) is 6.15. The lowest BCUT2D eigenvalue weighted by atomic mass is 10.1. The van der Waals surface area contributed by atoms with Gasteiger partial charge in [-0.05, 0) is 31.4 Å². The SMILES string of the molecule is C(=N/n1cnnc1)/c1ccc(N2CCCCC2)s1. The van der Waals surface area contributed by atoms with Crippen LogP contribution < -0.4 is 4.90 Å². The predicted molar refractivity (Wildman–Crippen MR) is 73.4 cm³/mol. The third-order valence-corrected chi connectivity index (χ3v) is 4.09. The molecule has 0 radical (unpaired) electrons. The number of hydrogen-bond acceptors (Lipinski definition) is 5. The lowest BCUT2D eigenvalue weighted by Crippen LogP contribution is -2.28. The summed E-state index contributed by atoms with van der Waals surface area (Å²) in [5.74, 6) is 0. The molecular formula is C12H15N5S. The van der Waals surface area contributed by atoms with E-state index in [1.54, 1.807) is 28.7 Å². The van der Waals surface area contributed by atoms with Crippen molar-refractivity contribution in [2.75, 3.05) is 18.0 Å². The predicted octanol–water partition coefficient (Wildman–Crippen LogP) is 2.21. The van der Waals surface area contributed by atoms with E-state index in [1.165, 1.54) is 37.4 Å². The van der Waals surface area contributed by atoms with E-state index in [2.05, 4.69) is 32.3 Å². The first kappa shape index (κ1) is 11.4. The summed E-state index contributed by atoms with van der Waals surface area (Å²) in [5, 5.41) is 13.0. The Kier molecular flexibility index (Phi) is 3.36. The second-order valence-electron chi connectivity index (χ2n) is 4.31. The van der Waals surface area contributed by atoms with Crippen LogP contribution in [0.2, 0.25) is 0 Å². The number of piperidine rings is 1. The first-order chi connectivity index (χ1) is 8.92. The zero-order valence-electron chi connectivity index (χ0n) is 10.1. The van der Waals surface area contributed by atoms with Gasteiger partial charge in [-0.3, -0.25) is 0 Å². The van der Waals surface area contributed by atoms with Crippen molar-refractivity contribution in [3.63, 3.8) is 0 Å². The van der Waals surface area contributed by atoms with Gasteiger partial charge in [-0.1, -0.05) is 0 Å². The van der Waals surface area contributed by atoms with Crippen molar-refractivity contribution in [3.8, 4) is 0 Å². The Balaban J connectivity index is 1.69. The summed E-state index contributed by atoms with van der Waals surface area (Å²) >= 11 is 1.78. The molecule has 0 amide bonds. The molecule has 2 aromatic rings. The maximum Gasteiger partial charge on any atom is 0.141 e. The number of hydrogen-bond donors (Lipinski definition) is 0. The first-order valence-corrected chi connectivity index (χ1v) is 6.97. The molecule has 0 N–H and O–H groups in total. The second-order valence-corrected chi connectivity index (χ2v) is 5.40. The zero-order valence-corrected chi connectivity index (χ0v) is 10.9. The van der Waals surface area contributed by atoms with Crippen LogP contribution in [0.4, 0.5) is 5.00 Å². The van der Waals surface area contributed by atoms with Crippen molar-refractivity contribution in [1.82, 2.24) is 14.9 Å². The fourth-order valence-electron chi connectivity index (χ4n) is 2.07. The molecule has 0 atom stereocenters. The van der Waals surface area contributed by atoms with Gasteiger partial charge in [0.25, 0.3) is 0 Å². The van der Waals surface area contributed by atoms with Crippen molar-refractivity contribution in [1.29, 1.82) is 0 Å². The second kappa shape index (κ2) is 5.30. The molecule has 0 aromatic carbocycles. The van der Waals surface area contributed by atoms with Crippen molar-refractivity contribution in [2.24, 2.45) is 5.10 Å². The standard InChI is InChI=1S/C12H15N5S/c1-2-6-16(7-3-1)12-5-4-11(18-12)8-15-17-9-13-14-10-17/h4-5,8-10H,1-3,6-7H2/b15-8-. The minimum atomic E-state index is 1.16. The Labute approximate surface area is 110 Å². The van der Waals surface area contributed by atoms with E-state index in [9.17, 15) is 0 Å². The summed E-state index contributed by atoms with van der Waals surface area (Å²) < 4.78 is 1.60. The van der Waals surface area contributed by atoms with Crippen molar-refractivity contribution < 1.29 is 0 Å². The van der Waals surface area contributed by atoms with Crippen molar-refractivity contribution >= 4 is 22.6 Å². The molecule has 2 aromatic heterocycles. The molecule has 1 aliphatic rings. The zero-order chi connectivity index (χ0) is 12.2. The molecule has 0 spiro atoms. The minimum Gasteiger partial charge on any atom is -0.363 e. The Morgan fingerprint density at radius 2 is 1.89 bits per heavy atom. The molecule has 0 unspecified atom stereocenters. The van der Waals surface area contributed by atoms with E-state index in [1.807, 2.05) is 6.21 Å². The highest BCUT2D eigenvalue weighted by molar-refractivity contribution is 7.17. The van der Waals surface area contributed by atoms with Crippen LogP contribution in [0.5, 0.6) is 0 Å². The van der Waals surface area contributed by atoms with Crippen molar-refractivity contribution in [2.45, 2.75) is 19.3 Å². The van der Waals surface area contributed by atoms with Gasteiger partial charge in [0.2, 0.25) is 0 Å². The Hall–Kier alpha value is -1.69. The molecular weight excluding hydrogens is 246 g/mol. The summed E-state index contributed by atoms with van der Waals surface area (Å²) in [5.41, 5.74) is 0. The average molecular weight is 261 g/mol. The van der Waals surface area contributed by atoms with Crippen LogP contribution >= 0.6 is 11.3 Å². The summed E-state index contributed by atoms with van der Waals surface area (Å²) in [6.45, 7) is 2.37. The maximum absolute atomic E-state index is 4.25. The van der Waals surface area contributed by atoms with Gasteiger partial charge in [-0.15, -0.1) is 21.5 Å². The maximum atomic E-state index is 4.25. The van der Waals surface area contributed by atoms with Gasteiger partial charge in [-0.25, -0.2) is 4.68 Å². The third-order valence-electron chi connectivity index (χ3n) is 3.01. The van der Waals surface area contributed by atoms with Gasteiger partial charge in [0.15, 0.2) is 0 Å². The van der Waals surface area contributed by atoms with E-state index in [-0.39, 0.29) is 0 Å². The fraction of sp³-hybridized carbons (Fsp3) is 0.417. The van der Waals surface area contributed by atoms with Gasteiger partial charge in [-0.2, -0.15) is 5.10 Å². The van der Waals surface area contributed by atoms with Crippen LogP contribution in [-0.2, 0) is 0 Å². The van der Waals surface area contributed by atoms with E-state index in [0.29, 0.717) is 0 Å². The Morgan fingerprint density at radius 1 is 1.11 bits per heavy atom. The topological polar surface area (TPSA) is 46.3 Å². The number of rotatable bonds is 3. The van der Waals surface area contributed by atoms with Crippen LogP contribution in [0.25, 0.3) is 0 Å². The number of thiophene rings is 1. The van der Waals surface area contributed by atoms with E-state index in [4.69, 9.17) is 0 Å². The lowest BCUT2D eigenvalue weighted by molar-refractivity contribution is 0.580. The normalized spacial score (nSPS) is 16.6. The Bertz CT molecular complexity index is 510. The number of aromatic nitrogens is 3. The van der Waals surface area contributed by atoms with Gasteiger partial charge in [0.1, 0.15) is 12.7 Å². The third kappa shape index (κ3) is 2.59. The molecule has 94 valence electrons. The lowest BCUT2D eigenvalue weighted by Gasteiger charge is -2.27. The highest BCUT2D eigenvalue weighted by Gasteiger charge is 2.12. The van der Waals surface area contributed by atoms with Crippen molar-refractivity contribution in [3.05, 3.63) is 29.7 Å². The van der Waals surface area contributed by atoms with Gasteiger partial charge < -0.3 is 4.90 Å². The fourth-order valence-corrected chi connectivity index (χ4v) is 3.00. The van der Waals surface area contributed by atoms with E-state index < -0.39 is 0 Å². The molecule has 5 nitrogen and oxygen atoms in total. The summed E-state index contributed by atoms with van der Waals surface area (Å²) in [6.07, 6.45) is 8.99. The smallest absolute Gasteiger partial charge is 0.141 e. The summed E-state index contributed by atoms with van der Waals surface area (Å²) in [4.78, 5) is 3.62. The molecule has 0 saturated carbocycles. The summed E-state index contributed by atoms with van der Waals surface area (Å²) in [7, 11) is 0. The minimum absolute atomic E-state index is 1.16. The van der Waals surface area contributed by atoms with Crippen LogP contribution in [0, 0.1) is 0 Å². The molecule has 0 aliphatic carbocycles. The van der Waals surface area contributed by atoms with Crippen LogP contribution in [0.1, 0.15) is 24.1 Å². The molecule has 3 rings (SSSR count). The molecule has 0 bridgehead atoms. The van der Waals surface area contributed by atoms with E-state index in [0.717, 1.165) is 4.88 Å². The molecule has 1 fully saturated rings. The monoisotopic (exact) mass is 261 g/mol. The van der Waals surface area contributed by atoms with E-state index >= 15 is 0 Å². The quantitative estimate of drug-likeness (QED) is 0.796. The highest BCUT2D eigenvalue weighted by Crippen LogP contribution is 2.27. The van der Waals surface area contributed by atoms with Gasteiger partial charge in [0.05, 0.1) is 11.2 Å². The van der Waals surface area contributed by atoms with Crippen LogP contribution in [0.15, 0.2) is 29.9 Å². The average Bonchev–Trinajstić information content (AvgIpc) is 3.09. The van der Waals surface area contributed by atoms with Crippen LogP contribution in [-0.4, -0.2) is 34.2 Å². The molecule has 18 heavy (non-hydrogen) atoms. The number of anilines is 1. The molecule has 6 heteroatoms. The Morgan fingerprint density at radius 3 is 2.67 bits per heavy atom. The summed E-state index contributed by atoms with van der Waals surface area (Å²) in [6, 6.07) is 4.30. The van der Waals surface area contributed by atoms with Crippen LogP contribution in [0.3, 0.4) is 0 Å². The molecule has 1 aliphatic heterocycles. The number of nitrogens with zero attached hydrogens (tertiary/aromatic N) is 5. The molecule has 3 heterocycles. The van der Waals surface area contributed by atoms with Gasteiger partial charge >= 0.3 is 0 Å². The molecule has 1 saturated heterocycles. The largest absolute Gasteiger partial charge is 0.363 e.